The lowest BCUT2D eigenvalue weighted by atomic mass is 10.2. The highest BCUT2D eigenvalue weighted by molar-refractivity contribution is 5.94. The first-order valence-corrected chi connectivity index (χ1v) is 5.98. The van der Waals surface area contributed by atoms with Crippen LogP contribution in [-0.4, -0.2) is 41.9 Å². The van der Waals surface area contributed by atoms with Gasteiger partial charge in [0.25, 0.3) is 0 Å². The van der Waals surface area contributed by atoms with E-state index in [0.717, 1.165) is 25.3 Å². The van der Waals surface area contributed by atoms with Crippen LogP contribution in [0.4, 0.5) is 5.82 Å². The average molecular weight is 237 g/mol. The van der Waals surface area contributed by atoms with Crippen molar-refractivity contribution in [1.29, 1.82) is 0 Å². The summed E-state index contributed by atoms with van der Waals surface area (Å²) in [6.45, 7) is 3.80. The van der Waals surface area contributed by atoms with Gasteiger partial charge in [-0.05, 0) is 13.5 Å². The van der Waals surface area contributed by atoms with Crippen LogP contribution < -0.4 is 16.0 Å². The molecule has 2 heterocycles. The second kappa shape index (κ2) is 5.29. The summed E-state index contributed by atoms with van der Waals surface area (Å²) in [6, 6.07) is 2.03. The minimum atomic E-state index is -0.155. The number of amides is 1. The zero-order valence-corrected chi connectivity index (χ0v) is 10.2. The van der Waals surface area contributed by atoms with E-state index in [-0.39, 0.29) is 11.9 Å². The van der Waals surface area contributed by atoms with Crippen LogP contribution in [0.3, 0.4) is 0 Å². The molecule has 3 N–H and O–H groups in total. The topological polar surface area (TPSA) is 71.0 Å². The van der Waals surface area contributed by atoms with E-state index in [9.17, 15) is 4.79 Å². The van der Waals surface area contributed by atoms with Crippen LogP contribution in [0.1, 0.15) is 19.4 Å². The molecule has 1 aromatic rings. The summed E-state index contributed by atoms with van der Waals surface area (Å²) >= 11 is 0. The lowest BCUT2D eigenvalue weighted by molar-refractivity contribution is -0.118. The Morgan fingerprint density at radius 3 is 3.00 bits per heavy atom. The van der Waals surface area contributed by atoms with Crippen LogP contribution >= 0.6 is 0 Å². The third kappa shape index (κ3) is 2.48. The molecule has 1 aromatic heterocycles. The van der Waals surface area contributed by atoms with Gasteiger partial charge in [-0.2, -0.15) is 5.10 Å². The molecule has 0 radical (unpaired) electrons. The molecule has 0 aliphatic carbocycles. The number of hydrogen-bond acceptors (Lipinski definition) is 4. The van der Waals surface area contributed by atoms with Gasteiger partial charge in [0.2, 0.25) is 5.91 Å². The van der Waals surface area contributed by atoms with Crippen LogP contribution in [0.25, 0.3) is 0 Å². The van der Waals surface area contributed by atoms with E-state index in [1.807, 2.05) is 17.7 Å². The monoisotopic (exact) mass is 237 g/mol. The van der Waals surface area contributed by atoms with Gasteiger partial charge in [-0.25, -0.2) is 4.68 Å². The van der Waals surface area contributed by atoms with Gasteiger partial charge in [0.15, 0.2) is 0 Å². The third-order valence-corrected chi connectivity index (χ3v) is 3.10. The fourth-order valence-corrected chi connectivity index (χ4v) is 1.88. The number of anilines is 1. The van der Waals surface area contributed by atoms with Gasteiger partial charge in [-0.1, -0.05) is 6.92 Å². The first-order valence-electron chi connectivity index (χ1n) is 5.98. The molecule has 17 heavy (non-hydrogen) atoms. The summed E-state index contributed by atoms with van der Waals surface area (Å²) in [4.78, 5) is 11.9. The Morgan fingerprint density at radius 1 is 1.71 bits per heavy atom. The Morgan fingerprint density at radius 2 is 2.47 bits per heavy atom. The number of carbonyl (C=O) groups is 1. The van der Waals surface area contributed by atoms with E-state index < -0.39 is 0 Å². The molecule has 1 atom stereocenters. The molecule has 94 valence electrons. The van der Waals surface area contributed by atoms with E-state index in [1.54, 1.807) is 13.2 Å². The molecule has 1 fully saturated rings. The van der Waals surface area contributed by atoms with E-state index in [1.165, 1.54) is 0 Å². The highest BCUT2D eigenvalue weighted by Crippen LogP contribution is 2.17. The van der Waals surface area contributed by atoms with Crippen LogP contribution in [0.15, 0.2) is 12.3 Å². The lowest BCUT2D eigenvalue weighted by Gasteiger charge is -2.29. The normalized spacial score (nSPS) is 17.5. The van der Waals surface area contributed by atoms with E-state index in [2.05, 4.69) is 21.0 Å². The van der Waals surface area contributed by atoms with Gasteiger partial charge >= 0.3 is 0 Å². The summed E-state index contributed by atoms with van der Waals surface area (Å²) in [6.07, 6.45) is 2.48. The van der Waals surface area contributed by atoms with Crippen molar-refractivity contribution in [1.82, 2.24) is 20.4 Å². The predicted octanol–water partition coefficient (Wildman–Crippen LogP) is -0.0361. The summed E-state index contributed by atoms with van der Waals surface area (Å²) < 4.78 is 1.87. The molecular weight excluding hydrogens is 218 g/mol. The quantitative estimate of drug-likeness (QED) is 0.672. The molecule has 0 bridgehead atoms. The van der Waals surface area contributed by atoms with Crippen molar-refractivity contribution in [2.45, 2.75) is 25.4 Å². The van der Waals surface area contributed by atoms with Crippen LogP contribution in [0.5, 0.6) is 0 Å². The summed E-state index contributed by atoms with van der Waals surface area (Å²) in [7, 11) is 1.79. The Bertz CT molecular complexity index is 381. The second-order valence-corrected chi connectivity index (χ2v) is 4.21. The van der Waals surface area contributed by atoms with E-state index >= 15 is 0 Å². The van der Waals surface area contributed by atoms with Crippen molar-refractivity contribution in [2.75, 3.05) is 25.5 Å². The number of nitrogens with one attached hydrogen (secondary N) is 3. The number of nitrogens with zero attached hydrogens (tertiary/aromatic N) is 2. The lowest BCUT2D eigenvalue weighted by Crippen LogP contribution is -2.45. The highest BCUT2D eigenvalue weighted by atomic mass is 16.2. The third-order valence-electron chi connectivity index (χ3n) is 3.10. The molecule has 0 spiro atoms. The van der Waals surface area contributed by atoms with Crippen LogP contribution in [0, 0.1) is 0 Å². The average Bonchev–Trinajstić information content (AvgIpc) is 2.66. The molecular formula is C11H19N5O. The van der Waals surface area contributed by atoms with Gasteiger partial charge < -0.3 is 16.0 Å². The fourth-order valence-electron chi connectivity index (χ4n) is 1.88. The minimum absolute atomic E-state index is 0.0102. The van der Waals surface area contributed by atoms with Gasteiger partial charge in [0, 0.05) is 19.2 Å². The van der Waals surface area contributed by atoms with Crippen molar-refractivity contribution < 1.29 is 4.79 Å². The summed E-state index contributed by atoms with van der Waals surface area (Å²) in [5.74, 6) is 0.763. The van der Waals surface area contributed by atoms with E-state index in [4.69, 9.17) is 0 Å². The standard InChI is InChI=1S/C11H19N5O/c1-3-9(12-2)11(17)15-10-4-5-14-16(10)8-6-13-7-8/h4-5,8-9,12-13H,3,6-7H2,1-2H3,(H,15,17). The van der Waals surface area contributed by atoms with Crippen molar-refractivity contribution in [3.05, 3.63) is 12.3 Å². The van der Waals surface area contributed by atoms with Crippen molar-refractivity contribution >= 4 is 11.7 Å². The largest absolute Gasteiger partial charge is 0.312 e. The summed E-state index contributed by atoms with van der Waals surface area (Å²) in [5.41, 5.74) is 0. The first-order chi connectivity index (χ1) is 8.26. The molecule has 6 heteroatoms. The second-order valence-electron chi connectivity index (χ2n) is 4.21. The highest BCUT2D eigenvalue weighted by Gasteiger charge is 2.23. The summed E-state index contributed by atoms with van der Waals surface area (Å²) in [5, 5.41) is 13.3. The Kier molecular flexibility index (Phi) is 3.75. The maximum atomic E-state index is 11.9. The molecule has 1 unspecified atom stereocenters. The molecule has 1 aliphatic heterocycles. The van der Waals surface area contributed by atoms with Crippen molar-refractivity contribution in [3.63, 3.8) is 0 Å². The maximum absolute atomic E-state index is 11.9. The molecule has 1 saturated heterocycles. The fraction of sp³-hybridized carbons (Fsp3) is 0.636. The zero-order chi connectivity index (χ0) is 12.3. The maximum Gasteiger partial charge on any atom is 0.242 e. The Hall–Kier alpha value is -1.40. The van der Waals surface area contributed by atoms with Gasteiger partial charge in [0.05, 0.1) is 18.3 Å². The molecule has 6 nitrogen and oxygen atoms in total. The smallest absolute Gasteiger partial charge is 0.242 e. The number of hydrogen-bond donors (Lipinski definition) is 3. The Balaban J connectivity index is 2.02. The molecule has 1 aliphatic rings. The van der Waals surface area contributed by atoms with Gasteiger partial charge in [0.1, 0.15) is 5.82 Å². The SMILES string of the molecule is CCC(NC)C(=O)Nc1ccnn1C1CNC1. The van der Waals surface area contributed by atoms with Crippen LogP contribution in [-0.2, 0) is 4.79 Å². The molecule has 2 rings (SSSR count). The van der Waals surface area contributed by atoms with Gasteiger partial charge in [-0.15, -0.1) is 0 Å². The molecule has 0 aromatic carbocycles. The molecule has 1 amide bonds. The van der Waals surface area contributed by atoms with Crippen molar-refractivity contribution in [2.24, 2.45) is 0 Å². The van der Waals surface area contributed by atoms with Crippen molar-refractivity contribution in [3.8, 4) is 0 Å². The predicted molar refractivity (Wildman–Crippen MR) is 65.9 cm³/mol. The Labute approximate surface area is 101 Å². The number of likely N-dealkylation sites (N-methyl/N-ethyl adjacent to an activating group) is 1. The van der Waals surface area contributed by atoms with Crippen LogP contribution in [0.2, 0.25) is 0 Å². The minimum Gasteiger partial charge on any atom is -0.312 e. The number of aromatic nitrogens is 2. The van der Waals surface area contributed by atoms with E-state index in [0.29, 0.717) is 6.04 Å². The number of carbonyl (C=O) groups excluding carboxylic acids is 1. The molecule has 0 saturated carbocycles. The number of rotatable bonds is 5. The zero-order valence-electron chi connectivity index (χ0n) is 10.2. The first kappa shape index (κ1) is 12.1. The van der Waals surface area contributed by atoms with Gasteiger partial charge in [-0.3, -0.25) is 4.79 Å².